The number of hydrogen-bond acceptors (Lipinski definition) is 3. The number of hydrogen-bond donors (Lipinski definition) is 1. The number of aromatic nitrogens is 2. The van der Waals surface area contributed by atoms with Crippen molar-refractivity contribution in [1.82, 2.24) is 10.2 Å². The Morgan fingerprint density at radius 3 is 2.31 bits per heavy atom. The Bertz CT molecular complexity index is 533. The summed E-state index contributed by atoms with van der Waals surface area (Å²) in [5.41, 5.74) is 11.1. The summed E-state index contributed by atoms with van der Waals surface area (Å²) in [6.07, 6.45) is 0. The van der Waals surface area contributed by atoms with Crippen molar-refractivity contribution in [3.8, 4) is 11.3 Å². The highest BCUT2D eigenvalue weighted by atomic mass is 15.1. The number of nitrogens with zero attached hydrogens (tertiary/aromatic N) is 2. The highest BCUT2D eigenvalue weighted by molar-refractivity contribution is 5.68. The van der Waals surface area contributed by atoms with Gasteiger partial charge in [-0.3, -0.25) is 0 Å². The van der Waals surface area contributed by atoms with Crippen molar-refractivity contribution in [2.45, 2.75) is 20.8 Å². The van der Waals surface area contributed by atoms with Crippen LogP contribution >= 0.6 is 0 Å². The second-order valence-corrected chi connectivity index (χ2v) is 4.00. The third-order valence-electron chi connectivity index (χ3n) is 2.96. The van der Waals surface area contributed by atoms with Gasteiger partial charge in [0.15, 0.2) is 0 Å². The van der Waals surface area contributed by atoms with Gasteiger partial charge in [-0.15, -0.1) is 10.2 Å². The quantitative estimate of drug-likeness (QED) is 0.792. The lowest BCUT2D eigenvalue weighted by Gasteiger charge is -2.10. The van der Waals surface area contributed by atoms with Crippen molar-refractivity contribution in [2.24, 2.45) is 0 Å². The monoisotopic (exact) mass is 213 g/mol. The molecule has 3 heteroatoms. The molecule has 0 saturated heterocycles. The van der Waals surface area contributed by atoms with Crippen LogP contribution in [0.3, 0.4) is 0 Å². The van der Waals surface area contributed by atoms with E-state index >= 15 is 0 Å². The molecule has 1 aromatic carbocycles. The second kappa shape index (κ2) is 3.93. The molecule has 3 nitrogen and oxygen atoms in total. The first-order valence-electron chi connectivity index (χ1n) is 5.26. The molecule has 16 heavy (non-hydrogen) atoms. The number of aryl methyl sites for hydroxylation is 1. The molecule has 2 rings (SSSR count). The first-order chi connectivity index (χ1) is 7.61. The van der Waals surface area contributed by atoms with Crippen LogP contribution in [0, 0.1) is 20.8 Å². The van der Waals surface area contributed by atoms with Crippen molar-refractivity contribution < 1.29 is 0 Å². The summed E-state index contributed by atoms with van der Waals surface area (Å²) in [4.78, 5) is 0. The van der Waals surface area contributed by atoms with Crippen LogP contribution in [0.5, 0.6) is 0 Å². The molecule has 0 aliphatic carbocycles. The van der Waals surface area contributed by atoms with Gasteiger partial charge in [-0.05, 0) is 37.5 Å². The lowest BCUT2D eigenvalue weighted by atomic mass is 10.00. The van der Waals surface area contributed by atoms with Gasteiger partial charge in [0.2, 0.25) is 0 Å². The van der Waals surface area contributed by atoms with Crippen LogP contribution in [0.25, 0.3) is 11.3 Å². The van der Waals surface area contributed by atoms with E-state index in [9.17, 15) is 0 Å². The standard InChI is InChI=1S/C13H15N3/c1-8-6-4-5-7-11(8)12-9(2)10(3)13(14)16-15-12/h4-7H,1-3H3,(H2,14,16). The Morgan fingerprint density at radius 1 is 0.938 bits per heavy atom. The topological polar surface area (TPSA) is 51.8 Å². The van der Waals surface area contributed by atoms with E-state index in [-0.39, 0.29) is 0 Å². The molecule has 0 saturated carbocycles. The van der Waals surface area contributed by atoms with Gasteiger partial charge in [0, 0.05) is 5.56 Å². The molecule has 1 aromatic heterocycles. The van der Waals surface area contributed by atoms with Crippen LogP contribution in [0.15, 0.2) is 24.3 Å². The summed E-state index contributed by atoms with van der Waals surface area (Å²) in [5, 5.41) is 8.18. The average Bonchev–Trinajstić information content (AvgIpc) is 2.28. The zero-order chi connectivity index (χ0) is 11.7. The van der Waals surface area contributed by atoms with E-state index in [4.69, 9.17) is 5.73 Å². The first kappa shape index (κ1) is 10.6. The fourth-order valence-corrected chi connectivity index (χ4v) is 1.72. The van der Waals surface area contributed by atoms with E-state index in [2.05, 4.69) is 29.3 Å². The number of anilines is 1. The molecular weight excluding hydrogens is 198 g/mol. The molecule has 0 radical (unpaired) electrons. The molecule has 0 unspecified atom stereocenters. The third kappa shape index (κ3) is 1.65. The fraction of sp³-hybridized carbons (Fsp3) is 0.231. The highest BCUT2D eigenvalue weighted by Crippen LogP contribution is 2.26. The molecule has 82 valence electrons. The van der Waals surface area contributed by atoms with Crippen molar-refractivity contribution in [3.05, 3.63) is 41.0 Å². The number of benzene rings is 1. The summed E-state index contributed by atoms with van der Waals surface area (Å²) in [5.74, 6) is 0.509. The van der Waals surface area contributed by atoms with Gasteiger partial charge in [-0.1, -0.05) is 24.3 Å². The first-order valence-corrected chi connectivity index (χ1v) is 5.26. The van der Waals surface area contributed by atoms with E-state index in [1.165, 1.54) is 5.56 Å². The van der Waals surface area contributed by atoms with Gasteiger partial charge in [0.1, 0.15) is 5.82 Å². The Hall–Kier alpha value is -1.90. The largest absolute Gasteiger partial charge is 0.382 e. The Balaban J connectivity index is 2.66. The van der Waals surface area contributed by atoms with Crippen molar-refractivity contribution in [3.63, 3.8) is 0 Å². The summed E-state index contributed by atoms with van der Waals surface area (Å²) in [6, 6.07) is 8.16. The van der Waals surface area contributed by atoms with E-state index in [0.717, 1.165) is 22.4 Å². The molecule has 1 heterocycles. The van der Waals surface area contributed by atoms with Gasteiger partial charge in [0.05, 0.1) is 5.69 Å². The maximum absolute atomic E-state index is 5.73. The maximum atomic E-state index is 5.73. The van der Waals surface area contributed by atoms with Crippen molar-refractivity contribution in [2.75, 3.05) is 5.73 Å². The minimum absolute atomic E-state index is 0.509. The Morgan fingerprint density at radius 2 is 1.62 bits per heavy atom. The second-order valence-electron chi connectivity index (χ2n) is 4.00. The molecular formula is C13H15N3. The van der Waals surface area contributed by atoms with Crippen LogP contribution in [0.1, 0.15) is 16.7 Å². The van der Waals surface area contributed by atoms with Crippen molar-refractivity contribution >= 4 is 5.82 Å². The van der Waals surface area contributed by atoms with Crippen LogP contribution in [-0.4, -0.2) is 10.2 Å². The van der Waals surface area contributed by atoms with Gasteiger partial charge < -0.3 is 5.73 Å². The minimum Gasteiger partial charge on any atom is -0.382 e. The minimum atomic E-state index is 0.509. The van der Waals surface area contributed by atoms with Gasteiger partial charge in [-0.2, -0.15) is 0 Å². The summed E-state index contributed by atoms with van der Waals surface area (Å²) >= 11 is 0. The third-order valence-corrected chi connectivity index (χ3v) is 2.96. The lowest BCUT2D eigenvalue weighted by molar-refractivity contribution is 1.01. The Kier molecular flexibility index (Phi) is 2.60. The van der Waals surface area contributed by atoms with E-state index < -0.39 is 0 Å². The normalized spacial score (nSPS) is 10.4. The molecule has 0 aliphatic rings. The molecule has 0 spiro atoms. The van der Waals surface area contributed by atoms with Crippen LogP contribution in [0.2, 0.25) is 0 Å². The summed E-state index contributed by atoms with van der Waals surface area (Å²) in [6.45, 7) is 6.07. The maximum Gasteiger partial charge on any atom is 0.149 e. The predicted molar refractivity (Wildman–Crippen MR) is 66.1 cm³/mol. The Labute approximate surface area is 95.3 Å². The van der Waals surface area contributed by atoms with E-state index in [1.807, 2.05) is 26.0 Å². The van der Waals surface area contributed by atoms with E-state index in [0.29, 0.717) is 5.82 Å². The number of nitrogen functional groups attached to an aromatic ring is 1. The lowest BCUT2D eigenvalue weighted by Crippen LogP contribution is -2.02. The zero-order valence-corrected chi connectivity index (χ0v) is 9.78. The molecule has 0 fully saturated rings. The molecule has 2 aromatic rings. The molecule has 0 aliphatic heterocycles. The zero-order valence-electron chi connectivity index (χ0n) is 9.78. The van der Waals surface area contributed by atoms with Crippen LogP contribution in [-0.2, 0) is 0 Å². The molecule has 0 amide bonds. The van der Waals surface area contributed by atoms with Gasteiger partial charge in [0.25, 0.3) is 0 Å². The number of nitrogens with two attached hydrogens (primary N) is 1. The molecule has 2 N–H and O–H groups in total. The van der Waals surface area contributed by atoms with Gasteiger partial charge >= 0.3 is 0 Å². The average molecular weight is 213 g/mol. The SMILES string of the molecule is Cc1ccccc1-c1nnc(N)c(C)c1C. The molecule has 0 atom stereocenters. The summed E-state index contributed by atoms with van der Waals surface area (Å²) < 4.78 is 0. The van der Waals surface area contributed by atoms with Crippen LogP contribution < -0.4 is 5.73 Å². The summed E-state index contributed by atoms with van der Waals surface area (Å²) in [7, 11) is 0. The van der Waals surface area contributed by atoms with Gasteiger partial charge in [-0.25, -0.2) is 0 Å². The smallest absolute Gasteiger partial charge is 0.149 e. The van der Waals surface area contributed by atoms with Crippen molar-refractivity contribution in [1.29, 1.82) is 0 Å². The fourth-order valence-electron chi connectivity index (χ4n) is 1.72. The van der Waals surface area contributed by atoms with Crippen LogP contribution in [0.4, 0.5) is 5.82 Å². The predicted octanol–water partition coefficient (Wildman–Crippen LogP) is 2.65. The van der Waals surface area contributed by atoms with E-state index in [1.54, 1.807) is 0 Å². The molecule has 0 bridgehead atoms. The number of rotatable bonds is 1. The highest BCUT2D eigenvalue weighted by Gasteiger charge is 2.10.